The summed E-state index contributed by atoms with van der Waals surface area (Å²) in [5, 5.41) is 7.66. The highest BCUT2D eigenvalue weighted by atomic mass is 14.6. The van der Waals surface area contributed by atoms with E-state index >= 15 is 0 Å². The largest absolute Gasteiger partial charge is 0.367 e. The summed E-state index contributed by atoms with van der Waals surface area (Å²) in [5.74, 6) is 0. The van der Waals surface area contributed by atoms with E-state index < -0.39 is 0 Å². The molecule has 0 spiro atoms. The molecule has 0 radical (unpaired) electrons. The minimum atomic E-state index is 1.24. The van der Waals surface area contributed by atoms with Crippen molar-refractivity contribution in [1.82, 2.24) is 4.98 Å². The number of nitrogens with one attached hydrogen (secondary N) is 1. The lowest BCUT2D eigenvalue weighted by Crippen LogP contribution is -1.81. The highest BCUT2D eigenvalue weighted by Crippen LogP contribution is 2.33. The molecule has 4 rings (SSSR count). The molecular weight excluding hydrogens is 254 g/mol. The molecule has 0 fully saturated rings. The molecule has 1 N–H and O–H groups in total. The average molecular weight is 269 g/mol. The van der Waals surface area contributed by atoms with E-state index in [4.69, 9.17) is 0 Å². The fraction of sp³-hybridized carbons (Fsp3) is 0. The first-order valence-electron chi connectivity index (χ1n) is 7.14. The number of benzene rings is 3. The zero-order valence-corrected chi connectivity index (χ0v) is 11.6. The summed E-state index contributed by atoms with van der Waals surface area (Å²) in [7, 11) is 0. The van der Waals surface area contributed by atoms with Crippen LogP contribution >= 0.6 is 0 Å². The van der Waals surface area contributed by atoms with Gasteiger partial charge in [0.1, 0.15) is 0 Å². The van der Waals surface area contributed by atoms with Gasteiger partial charge in [-0.2, -0.15) is 0 Å². The van der Waals surface area contributed by atoms with Crippen LogP contribution in [0.4, 0.5) is 0 Å². The molecule has 0 aliphatic heterocycles. The SMILES string of the molecule is c1cc[nH]cc2c(cc1)c1ccccc1c1ccccc12. The number of aromatic amines is 1. The molecule has 100 valence electrons. The minimum Gasteiger partial charge on any atom is -0.367 e. The lowest BCUT2D eigenvalue weighted by Gasteiger charge is -2.08. The van der Waals surface area contributed by atoms with Crippen LogP contribution in [0.2, 0.25) is 0 Å². The smallest absolute Gasteiger partial charge is 0.00901 e. The monoisotopic (exact) mass is 269 g/mol. The van der Waals surface area contributed by atoms with Crippen LogP contribution in [0.25, 0.3) is 32.3 Å². The Balaban J connectivity index is 2.42. The van der Waals surface area contributed by atoms with E-state index in [1.807, 2.05) is 18.3 Å². The third kappa shape index (κ3) is 1.95. The Morgan fingerprint density at radius 1 is 0.429 bits per heavy atom. The number of rotatable bonds is 0. The topological polar surface area (TPSA) is 15.8 Å². The van der Waals surface area contributed by atoms with E-state index in [0.29, 0.717) is 0 Å². The van der Waals surface area contributed by atoms with Crippen molar-refractivity contribution < 1.29 is 0 Å². The molecule has 0 saturated heterocycles. The van der Waals surface area contributed by atoms with Crippen molar-refractivity contribution in [1.29, 1.82) is 0 Å². The summed E-state index contributed by atoms with van der Waals surface area (Å²) in [5.41, 5.74) is 0. The van der Waals surface area contributed by atoms with Gasteiger partial charge in [-0.1, -0.05) is 66.7 Å². The Morgan fingerprint density at radius 2 is 0.857 bits per heavy atom. The molecule has 4 aromatic rings. The van der Waals surface area contributed by atoms with E-state index in [-0.39, 0.29) is 0 Å². The predicted octanol–water partition coefficient (Wildman–Crippen LogP) is 5.60. The lowest BCUT2D eigenvalue weighted by atomic mass is 9.96. The number of aromatic nitrogens is 1. The third-order valence-electron chi connectivity index (χ3n) is 3.92. The molecule has 1 heteroatoms. The van der Waals surface area contributed by atoms with Crippen molar-refractivity contribution in [2.75, 3.05) is 0 Å². The van der Waals surface area contributed by atoms with Crippen molar-refractivity contribution in [3.05, 3.63) is 85.2 Å². The fourth-order valence-corrected chi connectivity index (χ4v) is 2.99. The Kier molecular flexibility index (Phi) is 2.82. The molecule has 0 aliphatic rings. The van der Waals surface area contributed by atoms with Crippen LogP contribution in [0.3, 0.4) is 0 Å². The zero-order valence-electron chi connectivity index (χ0n) is 11.6. The zero-order chi connectivity index (χ0) is 14.1. The Morgan fingerprint density at radius 3 is 1.38 bits per heavy atom. The number of H-pyrrole nitrogens is 1. The second-order valence-electron chi connectivity index (χ2n) is 5.14. The second-order valence-corrected chi connectivity index (χ2v) is 5.14. The van der Waals surface area contributed by atoms with E-state index in [2.05, 4.69) is 71.8 Å². The third-order valence-corrected chi connectivity index (χ3v) is 3.92. The van der Waals surface area contributed by atoms with Crippen molar-refractivity contribution in [2.45, 2.75) is 0 Å². The molecule has 1 heterocycles. The summed E-state index contributed by atoms with van der Waals surface area (Å²) in [6.07, 6.45) is 4.04. The van der Waals surface area contributed by atoms with Crippen molar-refractivity contribution >= 4 is 32.3 Å². The van der Waals surface area contributed by atoms with E-state index in [9.17, 15) is 0 Å². The van der Waals surface area contributed by atoms with Crippen LogP contribution < -0.4 is 0 Å². The van der Waals surface area contributed by atoms with Crippen LogP contribution in [-0.2, 0) is 0 Å². The standard InChI is InChI=1S/C20H15N/c1-2-8-18-16-10-4-3-9-15(16)17-11-5-6-12-19(17)20(18)14-21-13-7-1/h1-14,21H. The van der Waals surface area contributed by atoms with E-state index in [1.165, 1.54) is 32.3 Å². The normalized spacial score (nSPS) is 10.9. The van der Waals surface area contributed by atoms with Crippen LogP contribution in [0, 0.1) is 0 Å². The summed E-state index contributed by atoms with van der Waals surface area (Å²) in [6.45, 7) is 0. The Labute approximate surface area is 123 Å². The molecule has 0 saturated carbocycles. The summed E-state index contributed by atoms with van der Waals surface area (Å²) in [6, 6.07) is 25.5. The first-order valence-corrected chi connectivity index (χ1v) is 7.14. The number of fused-ring (bicyclic) bond motifs is 6. The van der Waals surface area contributed by atoms with Crippen LogP contribution in [0.5, 0.6) is 0 Å². The number of hydrogen-bond acceptors (Lipinski definition) is 0. The van der Waals surface area contributed by atoms with Gasteiger partial charge < -0.3 is 4.98 Å². The minimum absolute atomic E-state index is 1.24. The molecule has 1 aromatic heterocycles. The molecule has 1 nitrogen and oxygen atoms in total. The Hall–Kier alpha value is -2.80. The van der Waals surface area contributed by atoms with Gasteiger partial charge in [-0.25, -0.2) is 0 Å². The van der Waals surface area contributed by atoms with E-state index in [1.54, 1.807) is 0 Å². The fourth-order valence-electron chi connectivity index (χ4n) is 2.99. The molecule has 0 atom stereocenters. The maximum Gasteiger partial charge on any atom is 0.00901 e. The van der Waals surface area contributed by atoms with E-state index in [0.717, 1.165) is 0 Å². The predicted molar refractivity (Wildman–Crippen MR) is 90.9 cm³/mol. The van der Waals surface area contributed by atoms with Gasteiger partial charge >= 0.3 is 0 Å². The van der Waals surface area contributed by atoms with Gasteiger partial charge in [-0.05, 0) is 33.0 Å². The molecule has 0 amide bonds. The van der Waals surface area contributed by atoms with Crippen molar-refractivity contribution in [2.24, 2.45) is 0 Å². The maximum atomic E-state index is 3.26. The van der Waals surface area contributed by atoms with Gasteiger partial charge in [0.2, 0.25) is 0 Å². The molecule has 3 aromatic carbocycles. The van der Waals surface area contributed by atoms with Crippen molar-refractivity contribution in [3.8, 4) is 0 Å². The van der Waals surface area contributed by atoms with Gasteiger partial charge in [-0.15, -0.1) is 0 Å². The summed E-state index contributed by atoms with van der Waals surface area (Å²) in [4.78, 5) is 3.26. The second kappa shape index (κ2) is 4.95. The first kappa shape index (κ1) is 12.0. The number of hydrogen-bond donors (Lipinski definition) is 1. The van der Waals surface area contributed by atoms with Gasteiger partial charge in [0.15, 0.2) is 0 Å². The quantitative estimate of drug-likeness (QED) is 0.400. The van der Waals surface area contributed by atoms with Crippen LogP contribution in [-0.4, -0.2) is 4.98 Å². The maximum absolute atomic E-state index is 3.26. The average Bonchev–Trinajstić information content (AvgIpc) is 2.67. The molecular formula is C20H15N. The van der Waals surface area contributed by atoms with Gasteiger partial charge in [-0.3, -0.25) is 0 Å². The lowest BCUT2D eigenvalue weighted by molar-refractivity contribution is 1.38. The molecule has 21 heavy (non-hydrogen) atoms. The summed E-state index contributed by atoms with van der Waals surface area (Å²) >= 11 is 0. The molecule has 0 unspecified atom stereocenters. The molecule has 0 bridgehead atoms. The highest BCUT2D eigenvalue weighted by Gasteiger charge is 2.05. The van der Waals surface area contributed by atoms with Gasteiger partial charge in [0.25, 0.3) is 0 Å². The Bertz CT molecular complexity index is 914. The van der Waals surface area contributed by atoms with Gasteiger partial charge in [0, 0.05) is 17.8 Å². The highest BCUT2D eigenvalue weighted by molar-refractivity contribution is 6.24. The van der Waals surface area contributed by atoms with Crippen LogP contribution in [0.15, 0.2) is 85.2 Å². The van der Waals surface area contributed by atoms with Crippen LogP contribution in [0.1, 0.15) is 0 Å². The summed E-state index contributed by atoms with van der Waals surface area (Å²) < 4.78 is 0. The van der Waals surface area contributed by atoms with Crippen molar-refractivity contribution in [3.63, 3.8) is 0 Å². The van der Waals surface area contributed by atoms with Gasteiger partial charge in [0.05, 0.1) is 0 Å². The first-order chi connectivity index (χ1) is 10.4. The molecule has 0 aliphatic carbocycles.